The fraction of sp³-hybridized carbons (Fsp3) is 0.150. The highest BCUT2D eigenvalue weighted by molar-refractivity contribution is 6.03. The number of carbonyl (C=O) groups excluding carboxylic acids is 1. The highest BCUT2D eigenvalue weighted by Crippen LogP contribution is 2.21. The monoisotopic (exact) mass is 350 g/mol. The third-order valence-electron chi connectivity index (χ3n) is 3.81. The maximum Gasteiger partial charge on any atom is 0.274 e. The number of hydrogen-bond acceptors (Lipinski definition) is 4. The molecule has 0 fully saturated rings. The molecule has 0 aliphatic rings. The van der Waals surface area contributed by atoms with Gasteiger partial charge in [0.25, 0.3) is 5.91 Å². The van der Waals surface area contributed by atoms with Crippen molar-refractivity contribution in [1.82, 2.24) is 9.97 Å². The number of halogens is 1. The second-order valence-corrected chi connectivity index (χ2v) is 6.09. The van der Waals surface area contributed by atoms with Crippen LogP contribution in [0.15, 0.2) is 48.5 Å². The van der Waals surface area contributed by atoms with E-state index < -0.39 is 11.7 Å². The van der Waals surface area contributed by atoms with Crippen molar-refractivity contribution in [3.63, 3.8) is 0 Å². The van der Waals surface area contributed by atoms with Crippen LogP contribution in [0.25, 0.3) is 0 Å². The summed E-state index contributed by atoms with van der Waals surface area (Å²) >= 11 is 0. The molecular weight excluding hydrogens is 331 g/mol. The highest BCUT2D eigenvalue weighted by Gasteiger charge is 2.12. The Labute approximate surface area is 151 Å². The third kappa shape index (κ3) is 4.22. The van der Waals surface area contributed by atoms with Gasteiger partial charge in [0.1, 0.15) is 23.2 Å². The molecule has 1 amide bonds. The van der Waals surface area contributed by atoms with Crippen molar-refractivity contribution in [3.8, 4) is 0 Å². The van der Waals surface area contributed by atoms with Gasteiger partial charge in [-0.3, -0.25) is 4.79 Å². The first-order valence-corrected chi connectivity index (χ1v) is 8.17. The van der Waals surface area contributed by atoms with Crippen LogP contribution in [0, 0.1) is 26.6 Å². The molecule has 26 heavy (non-hydrogen) atoms. The zero-order valence-corrected chi connectivity index (χ0v) is 14.8. The molecule has 0 unspecified atom stereocenters. The predicted molar refractivity (Wildman–Crippen MR) is 100 cm³/mol. The summed E-state index contributed by atoms with van der Waals surface area (Å²) in [6.45, 7) is 5.72. The molecule has 2 N–H and O–H groups in total. The lowest BCUT2D eigenvalue weighted by Crippen LogP contribution is -2.15. The van der Waals surface area contributed by atoms with Crippen LogP contribution in [0.5, 0.6) is 0 Å². The summed E-state index contributed by atoms with van der Waals surface area (Å²) in [6, 6.07) is 13.3. The molecule has 0 saturated heterocycles. The zero-order valence-electron chi connectivity index (χ0n) is 14.8. The molecule has 0 atom stereocenters. The van der Waals surface area contributed by atoms with Crippen LogP contribution in [-0.4, -0.2) is 15.9 Å². The van der Waals surface area contributed by atoms with Crippen LogP contribution in [-0.2, 0) is 0 Å². The third-order valence-corrected chi connectivity index (χ3v) is 3.81. The molecule has 2 aromatic carbocycles. The Hall–Kier alpha value is -3.28. The van der Waals surface area contributed by atoms with Crippen molar-refractivity contribution >= 4 is 23.1 Å². The average Bonchev–Trinajstić information content (AvgIpc) is 2.57. The van der Waals surface area contributed by atoms with Gasteiger partial charge in [-0.2, -0.15) is 0 Å². The number of nitrogens with zero attached hydrogens (tertiary/aromatic N) is 2. The summed E-state index contributed by atoms with van der Waals surface area (Å²) in [4.78, 5) is 21.0. The maximum atomic E-state index is 13.3. The maximum absolute atomic E-state index is 13.3. The van der Waals surface area contributed by atoms with Gasteiger partial charge >= 0.3 is 0 Å². The summed E-state index contributed by atoms with van der Waals surface area (Å²) in [6.07, 6.45) is 0. The molecule has 1 aromatic heterocycles. The Kier molecular flexibility index (Phi) is 4.93. The zero-order chi connectivity index (χ0) is 18.7. The fourth-order valence-corrected chi connectivity index (χ4v) is 2.52. The Morgan fingerprint density at radius 2 is 1.81 bits per heavy atom. The summed E-state index contributed by atoms with van der Waals surface area (Å²) < 4.78 is 13.3. The number of hydrogen-bond donors (Lipinski definition) is 2. The molecule has 5 nitrogen and oxygen atoms in total. The normalized spacial score (nSPS) is 10.5. The predicted octanol–water partition coefficient (Wildman–Crippen LogP) is 4.54. The van der Waals surface area contributed by atoms with Gasteiger partial charge < -0.3 is 10.6 Å². The first kappa shape index (κ1) is 17.5. The van der Waals surface area contributed by atoms with E-state index in [-0.39, 0.29) is 5.69 Å². The lowest BCUT2D eigenvalue weighted by Gasteiger charge is -2.12. The summed E-state index contributed by atoms with van der Waals surface area (Å²) in [5, 5.41) is 5.87. The highest BCUT2D eigenvalue weighted by atomic mass is 19.1. The molecule has 0 radical (unpaired) electrons. The number of amides is 1. The van der Waals surface area contributed by atoms with Gasteiger partial charge in [-0.25, -0.2) is 14.4 Å². The van der Waals surface area contributed by atoms with E-state index in [1.165, 1.54) is 18.2 Å². The Morgan fingerprint density at radius 1 is 1.00 bits per heavy atom. The summed E-state index contributed by atoms with van der Waals surface area (Å²) in [5.41, 5.74) is 3.68. The van der Waals surface area contributed by atoms with Gasteiger partial charge in [-0.05, 0) is 56.2 Å². The number of benzene rings is 2. The number of anilines is 3. The van der Waals surface area contributed by atoms with Crippen LogP contribution in [0.3, 0.4) is 0 Å². The van der Waals surface area contributed by atoms with E-state index in [4.69, 9.17) is 0 Å². The minimum absolute atomic E-state index is 0.203. The van der Waals surface area contributed by atoms with E-state index in [0.717, 1.165) is 16.8 Å². The first-order chi connectivity index (χ1) is 12.4. The summed E-state index contributed by atoms with van der Waals surface area (Å²) in [7, 11) is 0. The van der Waals surface area contributed by atoms with Crippen LogP contribution >= 0.6 is 0 Å². The largest absolute Gasteiger partial charge is 0.340 e. The first-order valence-electron chi connectivity index (χ1n) is 8.17. The Morgan fingerprint density at radius 3 is 2.58 bits per heavy atom. The van der Waals surface area contributed by atoms with Crippen LogP contribution in [0.1, 0.15) is 27.4 Å². The van der Waals surface area contributed by atoms with E-state index >= 15 is 0 Å². The molecule has 0 saturated carbocycles. The van der Waals surface area contributed by atoms with Crippen molar-refractivity contribution in [3.05, 3.63) is 77.0 Å². The second kappa shape index (κ2) is 7.31. The molecule has 3 rings (SSSR count). The van der Waals surface area contributed by atoms with Gasteiger partial charge in [0.05, 0.1) is 0 Å². The van der Waals surface area contributed by atoms with E-state index in [1.807, 2.05) is 32.0 Å². The number of aromatic nitrogens is 2. The average molecular weight is 350 g/mol. The Balaban J connectivity index is 1.85. The SMILES string of the molecule is Cc1ccc(C)c(Nc2cc(C(=O)Nc3cccc(F)c3)nc(C)n2)c1. The van der Waals surface area contributed by atoms with Crippen LogP contribution < -0.4 is 10.6 Å². The van der Waals surface area contributed by atoms with Crippen LogP contribution in [0.2, 0.25) is 0 Å². The van der Waals surface area contributed by atoms with Gasteiger partial charge in [-0.15, -0.1) is 0 Å². The lowest BCUT2D eigenvalue weighted by atomic mass is 10.1. The number of nitrogens with one attached hydrogen (secondary N) is 2. The molecular formula is C20H19FN4O. The molecule has 6 heteroatoms. The van der Waals surface area contributed by atoms with Crippen molar-refractivity contribution < 1.29 is 9.18 Å². The van der Waals surface area contributed by atoms with Crippen molar-refractivity contribution in [2.45, 2.75) is 20.8 Å². The molecule has 3 aromatic rings. The number of rotatable bonds is 4. The molecule has 1 heterocycles. The standard InChI is InChI=1S/C20H19FN4O/c1-12-7-8-13(2)17(9-12)25-19-11-18(22-14(3)23-19)20(26)24-16-6-4-5-15(21)10-16/h4-11H,1-3H3,(H,24,26)(H,22,23,25). The van der Waals surface area contributed by atoms with Crippen LogP contribution in [0.4, 0.5) is 21.6 Å². The van der Waals surface area contributed by atoms with Gasteiger partial charge in [-0.1, -0.05) is 18.2 Å². The molecule has 0 aliphatic carbocycles. The molecule has 132 valence electrons. The number of aryl methyl sites for hydroxylation is 3. The minimum Gasteiger partial charge on any atom is -0.340 e. The lowest BCUT2D eigenvalue weighted by molar-refractivity contribution is 0.102. The molecule has 0 aliphatic heterocycles. The minimum atomic E-state index is -0.426. The Bertz CT molecular complexity index is 972. The van der Waals surface area contributed by atoms with Gasteiger partial charge in [0, 0.05) is 17.4 Å². The van der Waals surface area contributed by atoms with Gasteiger partial charge in [0.15, 0.2) is 0 Å². The van der Waals surface area contributed by atoms with Crippen molar-refractivity contribution in [1.29, 1.82) is 0 Å². The quantitative estimate of drug-likeness (QED) is 0.725. The van der Waals surface area contributed by atoms with Gasteiger partial charge in [0.2, 0.25) is 0 Å². The second-order valence-electron chi connectivity index (χ2n) is 6.09. The van der Waals surface area contributed by atoms with E-state index in [0.29, 0.717) is 17.3 Å². The fourth-order valence-electron chi connectivity index (χ4n) is 2.52. The number of carbonyl (C=O) groups is 1. The van der Waals surface area contributed by atoms with Crippen molar-refractivity contribution in [2.24, 2.45) is 0 Å². The smallest absolute Gasteiger partial charge is 0.274 e. The van der Waals surface area contributed by atoms with E-state index in [9.17, 15) is 9.18 Å². The molecule has 0 bridgehead atoms. The molecule has 0 spiro atoms. The van der Waals surface area contributed by atoms with E-state index in [2.05, 4.69) is 20.6 Å². The van der Waals surface area contributed by atoms with E-state index in [1.54, 1.807) is 19.1 Å². The summed E-state index contributed by atoms with van der Waals surface area (Å²) in [5.74, 6) is 0.143. The topological polar surface area (TPSA) is 66.9 Å². The van der Waals surface area contributed by atoms with Crippen molar-refractivity contribution in [2.75, 3.05) is 10.6 Å².